The molecular formula is C19H32O3. The quantitative estimate of drug-likeness (QED) is 0.837. The van der Waals surface area contributed by atoms with Crippen LogP contribution in [0.1, 0.15) is 71.6 Å². The zero-order valence-corrected chi connectivity index (χ0v) is 14.1. The predicted octanol–water partition coefficient (Wildman–Crippen LogP) is 3.32. The zero-order chi connectivity index (χ0) is 15.9. The Morgan fingerprint density at radius 1 is 1.23 bits per heavy atom. The van der Waals surface area contributed by atoms with E-state index in [9.17, 15) is 15.0 Å². The maximum absolute atomic E-state index is 12.2. The van der Waals surface area contributed by atoms with Crippen molar-refractivity contribution in [1.82, 2.24) is 0 Å². The molecule has 0 aromatic rings. The predicted molar refractivity (Wildman–Crippen MR) is 86.3 cm³/mol. The highest BCUT2D eigenvalue weighted by molar-refractivity contribution is 5.93. The summed E-state index contributed by atoms with van der Waals surface area (Å²) in [5, 5.41) is 20.9. The molecule has 2 N–H and O–H groups in total. The number of Topliss-reactive ketones (excluding diaryl/α,β-unsaturated/α-hetero) is 1. The van der Waals surface area contributed by atoms with Gasteiger partial charge in [0.2, 0.25) is 0 Å². The lowest BCUT2D eigenvalue weighted by atomic mass is 9.45. The molecule has 0 aliphatic heterocycles. The first-order chi connectivity index (χ1) is 10.4. The van der Waals surface area contributed by atoms with Crippen molar-refractivity contribution in [2.24, 2.45) is 29.1 Å². The molecule has 6 atom stereocenters. The van der Waals surface area contributed by atoms with E-state index < -0.39 is 0 Å². The molecule has 22 heavy (non-hydrogen) atoms. The number of fused-ring (bicyclic) bond motifs is 1. The summed E-state index contributed by atoms with van der Waals surface area (Å²) in [6.45, 7) is 4.12. The third kappa shape index (κ3) is 2.65. The van der Waals surface area contributed by atoms with Crippen LogP contribution in [0.2, 0.25) is 0 Å². The molecule has 0 radical (unpaired) electrons. The molecule has 3 heteroatoms. The molecule has 0 spiro atoms. The van der Waals surface area contributed by atoms with Gasteiger partial charge in [-0.25, -0.2) is 0 Å². The lowest BCUT2D eigenvalue weighted by Crippen LogP contribution is -2.62. The van der Waals surface area contributed by atoms with Gasteiger partial charge in [0.15, 0.2) is 0 Å². The number of carbonyl (C=O) groups is 1. The van der Waals surface area contributed by atoms with Gasteiger partial charge < -0.3 is 10.2 Å². The van der Waals surface area contributed by atoms with E-state index in [0.717, 1.165) is 38.5 Å². The van der Waals surface area contributed by atoms with Crippen molar-refractivity contribution in [3.8, 4) is 0 Å². The van der Waals surface area contributed by atoms with Crippen LogP contribution < -0.4 is 0 Å². The highest BCUT2D eigenvalue weighted by Crippen LogP contribution is 2.59. The molecule has 0 bridgehead atoms. The van der Waals surface area contributed by atoms with Gasteiger partial charge in [0.05, 0.1) is 12.2 Å². The number of rotatable bonds is 4. The van der Waals surface area contributed by atoms with E-state index >= 15 is 0 Å². The fraction of sp³-hybridized carbons (Fsp3) is 0.947. The number of hydrogen-bond donors (Lipinski definition) is 2. The fourth-order valence-electron chi connectivity index (χ4n) is 5.83. The third-order valence-corrected chi connectivity index (χ3v) is 7.16. The standard InChI is InChI=1S/C19H32O3/c1-12-17-14(16(21)10-11-19(17,2)18(12)22)8-9-15(20)13-6-4-3-5-7-13/h12-17,20-21H,3-11H2,1-2H3/t12?,14-,15-,16+,17+,19-/m1/s1. The molecule has 3 nitrogen and oxygen atoms in total. The van der Waals surface area contributed by atoms with Crippen molar-refractivity contribution >= 4 is 5.78 Å². The first kappa shape index (κ1) is 16.4. The Labute approximate surface area is 134 Å². The fourth-order valence-corrected chi connectivity index (χ4v) is 5.83. The summed E-state index contributed by atoms with van der Waals surface area (Å²) in [6, 6.07) is 0. The van der Waals surface area contributed by atoms with Crippen molar-refractivity contribution in [2.75, 3.05) is 0 Å². The molecule has 3 aliphatic rings. The molecule has 0 amide bonds. The van der Waals surface area contributed by atoms with Gasteiger partial charge in [0.1, 0.15) is 5.78 Å². The summed E-state index contributed by atoms with van der Waals surface area (Å²) in [5.41, 5.74) is -0.195. The molecule has 0 heterocycles. The Morgan fingerprint density at radius 2 is 1.91 bits per heavy atom. The summed E-state index contributed by atoms with van der Waals surface area (Å²) >= 11 is 0. The summed E-state index contributed by atoms with van der Waals surface area (Å²) < 4.78 is 0. The third-order valence-electron chi connectivity index (χ3n) is 7.16. The molecule has 3 aliphatic carbocycles. The highest BCUT2D eigenvalue weighted by Gasteiger charge is 2.61. The van der Waals surface area contributed by atoms with Gasteiger partial charge in [-0.3, -0.25) is 4.79 Å². The van der Waals surface area contributed by atoms with Crippen LogP contribution in [-0.2, 0) is 4.79 Å². The molecule has 1 unspecified atom stereocenters. The second kappa shape index (κ2) is 6.24. The Balaban J connectivity index is 1.59. The lowest BCUT2D eigenvalue weighted by molar-refractivity contribution is -0.175. The van der Waals surface area contributed by atoms with Crippen LogP contribution in [0.5, 0.6) is 0 Å². The van der Waals surface area contributed by atoms with Crippen LogP contribution in [0.25, 0.3) is 0 Å². The van der Waals surface area contributed by atoms with E-state index in [1.165, 1.54) is 19.3 Å². The van der Waals surface area contributed by atoms with E-state index in [-0.39, 0.29) is 29.5 Å². The summed E-state index contributed by atoms with van der Waals surface area (Å²) in [4.78, 5) is 12.2. The maximum Gasteiger partial charge on any atom is 0.142 e. The van der Waals surface area contributed by atoms with Gasteiger partial charge in [-0.1, -0.05) is 33.1 Å². The highest BCUT2D eigenvalue weighted by atomic mass is 16.3. The van der Waals surface area contributed by atoms with Crippen LogP contribution in [0.3, 0.4) is 0 Å². The van der Waals surface area contributed by atoms with Crippen molar-refractivity contribution in [2.45, 2.75) is 83.8 Å². The number of carbonyl (C=O) groups excluding carboxylic acids is 1. The first-order valence-electron chi connectivity index (χ1n) is 9.35. The topological polar surface area (TPSA) is 57.5 Å². The van der Waals surface area contributed by atoms with E-state index in [2.05, 4.69) is 6.92 Å². The normalized spacial score (nSPS) is 44.3. The van der Waals surface area contributed by atoms with Crippen LogP contribution in [0.15, 0.2) is 0 Å². The van der Waals surface area contributed by atoms with Crippen molar-refractivity contribution in [1.29, 1.82) is 0 Å². The first-order valence-corrected chi connectivity index (χ1v) is 9.35. The number of aliphatic hydroxyl groups excluding tert-OH is 2. The van der Waals surface area contributed by atoms with E-state index in [1.807, 2.05) is 6.92 Å². The lowest BCUT2D eigenvalue weighted by Gasteiger charge is -2.58. The van der Waals surface area contributed by atoms with Gasteiger partial charge in [-0.15, -0.1) is 0 Å². The summed E-state index contributed by atoms with van der Waals surface area (Å²) in [7, 11) is 0. The van der Waals surface area contributed by atoms with E-state index in [4.69, 9.17) is 0 Å². The number of hydrogen-bond acceptors (Lipinski definition) is 3. The van der Waals surface area contributed by atoms with Gasteiger partial charge in [-0.2, -0.15) is 0 Å². The van der Waals surface area contributed by atoms with Crippen molar-refractivity contribution < 1.29 is 15.0 Å². The minimum Gasteiger partial charge on any atom is -0.393 e. The van der Waals surface area contributed by atoms with Gasteiger partial charge >= 0.3 is 0 Å². The molecule has 3 rings (SSSR count). The van der Waals surface area contributed by atoms with E-state index in [0.29, 0.717) is 17.6 Å². The van der Waals surface area contributed by atoms with Gasteiger partial charge in [0, 0.05) is 11.3 Å². The van der Waals surface area contributed by atoms with Gasteiger partial charge in [-0.05, 0) is 56.3 Å². The Kier molecular flexibility index (Phi) is 4.66. The Hall–Kier alpha value is -0.410. The molecular weight excluding hydrogens is 276 g/mol. The monoisotopic (exact) mass is 308 g/mol. The average molecular weight is 308 g/mol. The number of aliphatic hydroxyl groups is 2. The SMILES string of the molecule is CC1C(=O)[C@]2(C)CC[C@H](O)[C@@H](CC[C@@H](O)C3CCCCC3)[C@H]12. The van der Waals surface area contributed by atoms with Crippen LogP contribution in [0, 0.1) is 29.1 Å². The molecule has 0 aromatic heterocycles. The second-order valence-electron chi connectivity index (χ2n) is 8.41. The summed E-state index contributed by atoms with van der Waals surface area (Å²) in [6.07, 6.45) is 8.87. The molecule has 0 aromatic carbocycles. The molecule has 126 valence electrons. The number of ketones is 1. The van der Waals surface area contributed by atoms with E-state index in [1.54, 1.807) is 0 Å². The molecule has 3 fully saturated rings. The van der Waals surface area contributed by atoms with Crippen LogP contribution >= 0.6 is 0 Å². The minimum atomic E-state index is -0.285. The average Bonchev–Trinajstić information content (AvgIpc) is 2.55. The van der Waals surface area contributed by atoms with Gasteiger partial charge in [0.25, 0.3) is 0 Å². The second-order valence-corrected chi connectivity index (χ2v) is 8.41. The summed E-state index contributed by atoms with van der Waals surface area (Å²) in [5.74, 6) is 1.47. The smallest absolute Gasteiger partial charge is 0.142 e. The minimum absolute atomic E-state index is 0.0942. The molecule has 3 saturated carbocycles. The maximum atomic E-state index is 12.2. The van der Waals surface area contributed by atoms with Crippen molar-refractivity contribution in [3.63, 3.8) is 0 Å². The molecule has 0 saturated heterocycles. The zero-order valence-electron chi connectivity index (χ0n) is 14.1. The largest absolute Gasteiger partial charge is 0.393 e. The van der Waals surface area contributed by atoms with Crippen LogP contribution in [0.4, 0.5) is 0 Å². The van der Waals surface area contributed by atoms with Crippen LogP contribution in [-0.4, -0.2) is 28.2 Å². The Bertz CT molecular complexity index is 415. The Morgan fingerprint density at radius 3 is 2.59 bits per heavy atom. The van der Waals surface area contributed by atoms with Crippen molar-refractivity contribution in [3.05, 3.63) is 0 Å².